The van der Waals surface area contributed by atoms with Gasteiger partial charge in [0.2, 0.25) is 0 Å². The summed E-state index contributed by atoms with van der Waals surface area (Å²) in [5, 5.41) is 0. The molecule has 2 aliphatic rings. The molecule has 0 aromatic heterocycles. The van der Waals surface area contributed by atoms with Crippen LogP contribution in [0.1, 0.15) is 25.0 Å². The average molecular weight is 602 g/mol. The van der Waals surface area contributed by atoms with Crippen LogP contribution in [0.2, 0.25) is 0 Å². The molecule has 0 unspecified atom stereocenters. The van der Waals surface area contributed by atoms with Gasteiger partial charge in [-0.25, -0.2) is 0 Å². The molecule has 2 aliphatic heterocycles. The van der Waals surface area contributed by atoms with Crippen molar-refractivity contribution in [1.29, 1.82) is 0 Å². The second kappa shape index (κ2) is 9.50. The van der Waals surface area contributed by atoms with Gasteiger partial charge in [0, 0.05) is 0 Å². The molecule has 6 aromatic carbocycles. The van der Waals surface area contributed by atoms with Crippen molar-refractivity contribution >= 4 is 47.9 Å². The van der Waals surface area contributed by atoms with Gasteiger partial charge in [-0.05, 0) is 0 Å². The Bertz CT molecular complexity index is 1860. The molecule has 2 nitrogen and oxygen atoms in total. The van der Waals surface area contributed by atoms with Crippen molar-refractivity contribution in [2.75, 3.05) is 4.90 Å². The maximum absolute atomic E-state index is 6.84. The molecule has 0 bridgehead atoms. The predicted molar refractivity (Wildman–Crippen MR) is 177 cm³/mol. The fourth-order valence-corrected chi connectivity index (χ4v) is 17.6. The molecule has 3 heteroatoms. The van der Waals surface area contributed by atoms with E-state index in [2.05, 4.69) is 170 Å². The monoisotopic (exact) mass is 603 g/mol. The van der Waals surface area contributed by atoms with Crippen LogP contribution in [0, 0.1) is 0 Å². The van der Waals surface area contributed by atoms with Gasteiger partial charge in [-0.3, -0.25) is 0 Å². The molecule has 0 aliphatic carbocycles. The maximum atomic E-state index is 6.84. The van der Waals surface area contributed by atoms with E-state index in [9.17, 15) is 0 Å². The first-order valence-electron chi connectivity index (χ1n) is 14.6. The Labute approximate surface area is 250 Å². The number of hydrogen-bond donors (Lipinski definition) is 0. The fourth-order valence-electron chi connectivity index (χ4n) is 7.29. The minimum absolute atomic E-state index is 0.0988. The number of fused-ring (bicyclic) bond motifs is 4. The Kier molecular flexibility index (Phi) is 5.70. The standard InChI is InChI=1S/C39H31GeNO/c1-39(2)31-19-9-12-22-35(31)41(36-23-13-10-20-32(36)39)30-25-26-34-38(27-30)42-37-24-14-11-21-33(37)40(34,28-15-5-3-6-16-28)29-17-7-4-8-18-29/h3-27H,1-2H3. The van der Waals surface area contributed by atoms with Gasteiger partial charge in [0.1, 0.15) is 0 Å². The summed E-state index contributed by atoms with van der Waals surface area (Å²) in [6.07, 6.45) is 0. The van der Waals surface area contributed by atoms with Crippen molar-refractivity contribution < 1.29 is 4.74 Å². The van der Waals surface area contributed by atoms with Crippen LogP contribution in [-0.2, 0) is 5.41 Å². The molecule has 6 aromatic rings. The molecular formula is C39H31GeNO. The van der Waals surface area contributed by atoms with E-state index >= 15 is 0 Å². The second-order valence-electron chi connectivity index (χ2n) is 11.8. The Balaban J connectivity index is 1.41. The molecule has 2 heterocycles. The van der Waals surface area contributed by atoms with Gasteiger partial charge >= 0.3 is 251 Å². The summed E-state index contributed by atoms with van der Waals surface area (Å²) >= 11 is -3.41. The number of ether oxygens (including phenoxy) is 1. The summed E-state index contributed by atoms with van der Waals surface area (Å²) in [5.74, 6) is 1.93. The van der Waals surface area contributed by atoms with Gasteiger partial charge < -0.3 is 0 Å². The molecular weight excluding hydrogens is 571 g/mol. The third-order valence-corrected chi connectivity index (χ3v) is 19.3. The van der Waals surface area contributed by atoms with Crippen molar-refractivity contribution in [2.45, 2.75) is 19.3 Å². The number of hydrogen-bond acceptors (Lipinski definition) is 2. The predicted octanol–water partition coefficient (Wildman–Crippen LogP) is 7.28. The first-order chi connectivity index (χ1) is 20.6. The first-order valence-corrected chi connectivity index (χ1v) is 18.8. The summed E-state index contributed by atoms with van der Waals surface area (Å²) in [6.45, 7) is 4.66. The van der Waals surface area contributed by atoms with Gasteiger partial charge in [-0.2, -0.15) is 0 Å². The van der Waals surface area contributed by atoms with Gasteiger partial charge in [0.15, 0.2) is 0 Å². The van der Waals surface area contributed by atoms with Crippen LogP contribution in [0.3, 0.4) is 0 Å². The van der Waals surface area contributed by atoms with Crippen molar-refractivity contribution in [3.05, 3.63) is 163 Å². The minimum atomic E-state index is -3.41. The Morgan fingerprint density at radius 3 is 1.62 bits per heavy atom. The first kappa shape index (κ1) is 25.2. The van der Waals surface area contributed by atoms with E-state index in [0.717, 1.165) is 17.2 Å². The zero-order valence-electron chi connectivity index (χ0n) is 23.8. The zero-order valence-corrected chi connectivity index (χ0v) is 25.9. The Morgan fingerprint density at radius 1 is 0.500 bits per heavy atom. The number of para-hydroxylation sites is 3. The second-order valence-corrected chi connectivity index (χ2v) is 19.6. The summed E-state index contributed by atoms with van der Waals surface area (Å²) in [7, 11) is 0. The Hall–Kier alpha value is -4.54. The van der Waals surface area contributed by atoms with Crippen LogP contribution in [0.25, 0.3) is 0 Å². The SMILES string of the molecule is CC1(C)c2ccccc2N(c2cc[c]3c(c2)Oc2cccc[c]2[Ge]3([c]2ccccc2)[c]2ccccc2)c2ccccc21. The van der Waals surface area contributed by atoms with Crippen LogP contribution in [-0.4, -0.2) is 13.3 Å². The van der Waals surface area contributed by atoms with E-state index in [1.165, 1.54) is 40.1 Å². The summed E-state index contributed by atoms with van der Waals surface area (Å²) in [5.41, 5.74) is 6.10. The van der Waals surface area contributed by atoms with Crippen molar-refractivity contribution in [3.8, 4) is 11.5 Å². The molecule has 0 saturated heterocycles. The molecule has 0 spiro atoms. The number of anilines is 3. The van der Waals surface area contributed by atoms with E-state index < -0.39 is 13.3 Å². The third-order valence-electron chi connectivity index (χ3n) is 9.19. The van der Waals surface area contributed by atoms with Crippen LogP contribution in [0.4, 0.5) is 17.1 Å². The van der Waals surface area contributed by atoms with E-state index in [-0.39, 0.29) is 5.41 Å². The van der Waals surface area contributed by atoms with Gasteiger partial charge in [0.25, 0.3) is 0 Å². The Morgan fingerprint density at radius 2 is 1.00 bits per heavy atom. The number of nitrogens with zero attached hydrogens (tertiary/aromatic N) is 1. The molecule has 0 fully saturated rings. The van der Waals surface area contributed by atoms with Gasteiger partial charge in [-0.15, -0.1) is 0 Å². The van der Waals surface area contributed by atoms with E-state index in [4.69, 9.17) is 4.74 Å². The number of benzene rings is 6. The van der Waals surface area contributed by atoms with E-state index in [1.807, 2.05) is 0 Å². The van der Waals surface area contributed by atoms with Crippen LogP contribution in [0.5, 0.6) is 11.5 Å². The molecule has 0 radical (unpaired) electrons. The molecule has 0 amide bonds. The molecule has 0 saturated carbocycles. The summed E-state index contributed by atoms with van der Waals surface area (Å²) in [6, 6.07) is 55.6. The normalized spacial score (nSPS) is 15.4. The topological polar surface area (TPSA) is 12.5 Å². The van der Waals surface area contributed by atoms with Crippen LogP contribution < -0.4 is 27.2 Å². The fraction of sp³-hybridized carbons (Fsp3) is 0.0769. The molecule has 42 heavy (non-hydrogen) atoms. The van der Waals surface area contributed by atoms with Crippen LogP contribution >= 0.6 is 0 Å². The summed E-state index contributed by atoms with van der Waals surface area (Å²) < 4.78 is 12.3. The average Bonchev–Trinajstić information content (AvgIpc) is 3.04. The van der Waals surface area contributed by atoms with Gasteiger partial charge in [-0.1, -0.05) is 0 Å². The molecule has 8 rings (SSSR count). The molecule has 0 N–H and O–H groups in total. The van der Waals surface area contributed by atoms with E-state index in [1.54, 1.807) is 0 Å². The van der Waals surface area contributed by atoms with Crippen molar-refractivity contribution in [1.82, 2.24) is 0 Å². The zero-order chi connectivity index (χ0) is 28.3. The molecule has 202 valence electrons. The van der Waals surface area contributed by atoms with E-state index in [0.29, 0.717) is 0 Å². The van der Waals surface area contributed by atoms with Crippen LogP contribution in [0.15, 0.2) is 152 Å². The molecule has 0 atom stereocenters. The quantitative estimate of drug-likeness (QED) is 0.197. The van der Waals surface area contributed by atoms with Gasteiger partial charge in [0.05, 0.1) is 0 Å². The third kappa shape index (κ3) is 3.52. The number of rotatable bonds is 3. The summed E-state index contributed by atoms with van der Waals surface area (Å²) in [4.78, 5) is 2.42. The van der Waals surface area contributed by atoms with Crippen molar-refractivity contribution in [3.63, 3.8) is 0 Å². The van der Waals surface area contributed by atoms with Crippen molar-refractivity contribution in [2.24, 2.45) is 0 Å².